The molecule has 2 heteroatoms. The predicted octanol–water partition coefficient (Wildman–Crippen LogP) is 1.04. The van der Waals surface area contributed by atoms with Gasteiger partial charge < -0.3 is 7.84 Å². The van der Waals surface area contributed by atoms with E-state index in [4.69, 9.17) is 0 Å². The van der Waals surface area contributed by atoms with Crippen LogP contribution in [0.2, 0.25) is 0 Å². The Morgan fingerprint density at radius 1 is 1.67 bits per heavy atom. The molecule has 0 unspecified atom stereocenters. The van der Waals surface area contributed by atoms with E-state index in [0.29, 0.717) is 0 Å². The minimum absolute atomic E-state index is 0. The summed E-state index contributed by atoms with van der Waals surface area (Å²) in [6, 6.07) is 3.71. The third kappa shape index (κ3) is 1.39. The standard InChI is InChI=1S/C4H4N.Ir.2H/c1-2-4-5-3-1;;;/h1-3,5H;;;/q-1;+3;2*-1. The summed E-state index contributed by atoms with van der Waals surface area (Å²) in [5.74, 6) is 0. The summed E-state index contributed by atoms with van der Waals surface area (Å²) in [6.45, 7) is 0. The van der Waals surface area contributed by atoms with Crippen LogP contribution in [0, 0.1) is 6.20 Å². The molecule has 1 rings (SSSR count). The first-order chi connectivity index (χ1) is 2.50. The molecule has 1 nitrogen and oxygen atoms in total. The smallest absolute Gasteiger partial charge is 1.00 e. The molecule has 0 bridgehead atoms. The van der Waals surface area contributed by atoms with Crippen molar-refractivity contribution in [2.24, 2.45) is 0 Å². The van der Waals surface area contributed by atoms with Crippen molar-refractivity contribution in [3.05, 3.63) is 24.5 Å². The Morgan fingerprint density at radius 2 is 2.50 bits per heavy atom. The molecule has 0 saturated heterocycles. The SMILES string of the molecule is [H-].[H-].[Ir+3].[c-]1ccc[nH]1. The van der Waals surface area contributed by atoms with Crippen LogP contribution in [-0.4, -0.2) is 4.98 Å². The monoisotopic (exact) mass is 261 g/mol. The summed E-state index contributed by atoms with van der Waals surface area (Å²) in [5.41, 5.74) is 0. The number of aromatic nitrogens is 1. The third-order valence-corrected chi connectivity index (χ3v) is 0.442. The second kappa shape index (κ2) is 3.13. The Labute approximate surface area is 53.1 Å². The summed E-state index contributed by atoms with van der Waals surface area (Å²) < 4.78 is 0. The van der Waals surface area contributed by atoms with E-state index in [0.717, 1.165) is 0 Å². The molecule has 6 heavy (non-hydrogen) atoms. The fourth-order valence-electron chi connectivity index (χ4n) is 0.241. The number of aromatic amines is 1. The third-order valence-electron chi connectivity index (χ3n) is 0.442. The summed E-state index contributed by atoms with van der Waals surface area (Å²) >= 11 is 0. The van der Waals surface area contributed by atoms with Crippen molar-refractivity contribution < 1.29 is 23.0 Å². The van der Waals surface area contributed by atoms with Gasteiger partial charge in [0.05, 0.1) is 0 Å². The Morgan fingerprint density at radius 3 is 2.67 bits per heavy atom. The topological polar surface area (TPSA) is 15.8 Å². The van der Waals surface area contributed by atoms with Crippen molar-refractivity contribution in [3.63, 3.8) is 0 Å². The fourth-order valence-corrected chi connectivity index (χ4v) is 0.241. The first kappa shape index (κ1) is 5.93. The van der Waals surface area contributed by atoms with E-state index in [9.17, 15) is 0 Å². The van der Waals surface area contributed by atoms with Crippen LogP contribution >= 0.6 is 0 Å². The van der Waals surface area contributed by atoms with Gasteiger partial charge in [0.25, 0.3) is 0 Å². The van der Waals surface area contributed by atoms with E-state index >= 15 is 0 Å². The molecule has 36 valence electrons. The maximum atomic E-state index is 2.74. The summed E-state index contributed by atoms with van der Waals surface area (Å²) in [5, 5.41) is 0. The average molecular weight is 260 g/mol. The van der Waals surface area contributed by atoms with Crippen LogP contribution in [0.1, 0.15) is 2.85 Å². The molecule has 0 spiro atoms. The zero-order chi connectivity index (χ0) is 3.54. The van der Waals surface area contributed by atoms with Gasteiger partial charge in [0.2, 0.25) is 0 Å². The van der Waals surface area contributed by atoms with Crippen LogP contribution in [0.15, 0.2) is 18.3 Å². The largest absolute Gasteiger partial charge is 3.00 e. The maximum Gasteiger partial charge on any atom is 3.00 e. The van der Waals surface area contributed by atoms with E-state index in [1.165, 1.54) is 0 Å². The molecule has 0 aliphatic rings. The van der Waals surface area contributed by atoms with Gasteiger partial charge in [-0.25, -0.2) is 0 Å². The molecule has 1 heterocycles. The number of rotatable bonds is 0. The fraction of sp³-hybridized carbons (Fsp3) is 0. The van der Waals surface area contributed by atoms with Gasteiger partial charge in [-0.05, 0) is 0 Å². The molecular weight excluding hydrogens is 254 g/mol. The molecule has 1 N–H and O–H groups in total. The van der Waals surface area contributed by atoms with E-state index < -0.39 is 0 Å². The molecule has 0 atom stereocenters. The number of H-pyrrole nitrogens is 1. The molecule has 0 aliphatic heterocycles. The summed E-state index contributed by atoms with van der Waals surface area (Å²) in [4.78, 5) is 2.74. The quantitative estimate of drug-likeness (QED) is 0.671. The van der Waals surface area contributed by atoms with Crippen molar-refractivity contribution in [3.8, 4) is 0 Å². The first-order valence-electron chi connectivity index (χ1n) is 1.49. The van der Waals surface area contributed by atoms with Crippen molar-refractivity contribution >= 4 is 0 Å². The zero-order valence-electron chi connectivity index (χ0n) is 5.07. The van der Waals surface area contributed by atoms with Crippen LogP contribution in [-0.2, 0) is 20.1 Å². The molecule has 0 radical (unpaired) electrons. The summed E-state index contributed by atoms with van der Waals surface area (Å²) in [7, 11) is 0. The van der Waals surface area contributed by atoms with Gasteiger partial charge in [0.1, 0.15) is 0 Å². The van der Waals surface area contributed by atoms with Crippen LogP contribution in [0.5, 0.6) is 0 Å². The van der Waals surface area contributed by atoms with Gasteiger partial charge in [0.15, 0.2) is 0 Å². The number of hydrogen-bond acceptors (Lipinski definition) is 0. The van der Waals surface area contributed by atoms with Gasteiger partial charge in [-0.1, -0.05) is 0 Å². The first-order valence-corrected chi connectivity index (χ1v) is 1.49. The van der Waals surface area contributed by atoms with Gasteiger partial charge in [-0.2, -0.15) is 18.3 Å². The van der Waals surface area contributed by atoms with Crippen LogP contribution in [0.25, 0.3) is 0 Å². The second-order valence-corrected chi connectivity index (χ2v) is 0.814. The molecule has 1 aromatic heterocycles. The van der Waals surface area contributed by atoms with Gasteiger partial charge >= 0.3 is 20.1 Å². The predicted molar refractivity (Wildman–Crippen MR) is 21.9 cm³/mol. The van der Waals surface area contributed by atoms with Gasteiger partial charge in [-0.3, -0.25) is 0 Å². The van der Waals surface area contributed by atoms with Crippen molar-refractivity contribution in [2.75, 3.05) is 0 Å². The Bertz CT molecular complexity index is 70.5. The Hall–Kier alpha value is -0.0706. The molecule has 0 amide bonds. The van der Waals surface area contributed by atoms with Gasteiger partial charge in [-0.15, -0.1) is 6.20 Å². The normalized spacial score (nSPS) is 6.67. The second-order valence-electron chi connectivity index (χ2n) is 0.814. The van der Waals surface area contributed by atoms with Crippen molar-refractivity contribution in [1.82, 2.24) is 4.98 Å². The van der Waals surface area contributed by atoms with Crippen molar-refractivity contribution in [2.45, 2.75) is 0 Å². The summed E-state index contributed by atoms with van der Waals surface area (Å²) in [6.07, 6.45) is 4.56. The molecule has 0 fully saturated rings. The maximum absolute atomic E-state index is 2.74. The van der Waals surface area contributed by atoms with Crippen LogP contribution < -0.4 is 0 Å². The number of hydrogen-bond donors (Lipinski definition) is 1. The van der Waals surface area contributed by atoms with E-state index in [1.54, 1.807) is 0 Å². The molecule has 1 aromatic rings. The number of nitrogens with one attached hydrogen (secondary N) is 1. The van der Waals surface area contributed by atoms with Crippen molar-refractivity contribution in [1.29, 1.82) is 0 Å². The Kier molecular flexibility index (Phi) is 3.10. The van der Waals surface area contributed by atoms with Gasteiger partial charge in [0, 0.05) is 0 Å². The Balaban J connectivity index is -0.0000000833. The molecule has 0 aliphatic carbocycles. The minimum atomic E-state index is 0. The van der Waals surface area contributed by atoms with Crippen LogP contribution in [0.3, 0.4) is 0 Å². The minimum Gasteiger partial charge on any atom is -1.00 e. The molecule has 0 saturated carbocycles. The molecular formula is C4H6IrN. The van der Waals surface area contributed by atoms with Crippen LogP contribution in [0.4, 0.5) is 0 Å². The van der Waals surface area contributed by atoms with E-state index in [2.05, 4.69) is 11.2 Å². The molecule has 0 aromatic carbocycles. The zero-order valence-corrected chi connectivity index (χ0v) is 5.46. The average Bonchev–Trinajstić information content (AvgIpc) is 1.76. The van der Waals surface area contributed by atoms with E-state index in [-0.39, 0.29) is 23.0 Å². The van der Waals surface area contributed by atoms with E-state index in [1.807, 2.05) is 18.3 Å².